The number of anilines is 1. The summed E-state index contributed by atoms with van der Waals surface area (Å²) in [5.74, 6) is 1.07. The molecule has 0 saturated carbocycles. The van der Waals surface area contributed by atoms with Crippen molar-refractivity contribution in [3.8, 4) is 11.8 Å². The Morgan fingerprint density at radius 2 is 2.17 bits per heavy atom. The summed E-state index contributed by atoms with van der Waals surface area (Å²) in [6, 6.07) is 7.02. The Labute approximate surface area is 208 Å². The third-order valence-electron chi connectivity index (χ3n) is 6.59. The standard InChI is InChI=1S/C25H28N8O3/c1-35-22-3-2-16(10-18(22)11-26)23(19-13-28-29-14-19)32-25(34)33-7-4-17-12-27-24(31-21(17)15-33)30-20-5-8-36-9-6-20/h2-3,10,12-14,20,23H,4-9,15H2,1H3,(H,28,29)(H,32,34)(H,27,30,31)/t23-/m1/s1. The molecule has 0 bridgehead atoms. The number of amides is 2. The number of methoxy groups -OCH3 is 1. The zero-order valence-electron chi connectivity index (χ0n) is 20.0. The number of ether oxygens (including phenoxy) is 2. The van der Waals surface area contributed by atoms with Gasteiger partial charge in [-0.1, -0.05) is 6.07 Å². The van der Waals surface area contributed by atoms with E-state index in [-0.39, 0.29) is 6.03 Å². The summed E-state index contributed by atoms with van der Waals surface area (Å²) in [6.07, 6.45) is 7.76. The fourth-order valence-corrected chi connectivity index (χ4v) is 4.56. The highest BCUT2D eigenvalue weighted by Crippen LogP contribution is 2.27. The van der Waals surface area contributed by atoms with E-state index in [1.54, 1.807) is 29.4 Å². The average Bonchev–Trinajstić information content (AvgIpc) is 3.46. The van der Waals surface area contributed by atoms with Gasteiger partial charge < -0.3 is 25.0 Å². The zero-order valence-corrected chi connectivity index (χ0v) is 20.0. The van der Waals surface area contributed by atoms with Gasteiger partial charge in [0.2, 0.25) is 5.95 Å². The summed E-state index contributed by atoms with van der Waals surface area (Å²) in [7, 11) is 1.52. The van der Waals surface area contributed by atoms with E-state index in [1.165, 1.54) is 7.11 Å². The van der Waals surface area contributed by atoms with Crippen molar-refractivity contribution in [3.63, 3.8) is 0 Å². The van der Waals surface area contributed by atoms with E-state index >= 15 is 0 Å². The first-order valence-electron chi connectivity index (χ1n) is 12.0. The first-order chi connectivity index (χ1) is 17.6. The lowest BCUT2D eigenvalue weighted by atomic mass is 9.99. The number of nitriles is 1. The van der Waals surface area contributed by atoms with Crippen molar-refractivity contribution in [3.05, 3.63) is 64.7 Å². The average molecular weight is 489 g/mol. The van der Waals surface area contributed by atoms with Gasteiger partial charge in [-0.05, 0) is 42.5 Å². The molecule has 4 heterocycles. The van der Waals surface area contributed by atoms with E-state index in [0.29, 0.717) is 42.8 Å². The van der Waals surface area contributed by atoms with E-state index < -0.39 is 6.04 Å². The topological polar surface area (TPSA) is 141 Å². The number of urea groups is 1. The minimum atomic E-state index is -0.494. The van der Waals surface area contributed by atoms with E-state index in [1.807, 2.05) is 12.3 Å². The number of fused-ring (bicyclic) bond motifs is 1. The second kappa shape index (κ2) is 10.6. The Kier molecular flexibility index (Phi) is 6.95. The molecule has 186 valence electrons. The van der Waals surface area contributed by atoms with Crippen LogP contribution < -0.4 is 15.4 Å². The molecule has 3 N–H and O–H groups in total. The van der Waals surface area contributed by atoms with Crippen LogP contribution in [0.25, 0.3) is 0 Å². The van der Waals surface area contributed by atoms with Crippen molar-refractivity contribution >= 4 is 12.0 Å². The summed E-state index contributed by atoms with van der Waals surface area (Å²) in [5, 5.41) is 22.9. The van der Waals surface area contributed by atoms with E-state index in [4.69, 9.17) is 14.5 Å². The molecule has 1 aromatic carbocycles. The Balaban J connectivity index is 1.32. The number of H-pyrrole nitrogens is 1. The molecule has 1 saturated heterocycles. The Morgan fingerprint density at radius 3 is 2.92 bits per heavy atom. The van der Waals surface area contributed by atoms with Gasteiger partial charge in [-0.15, -0.1) is 0 Å². The molecule has 2 aliphatic rings. The van der Waals surface area contributed by atoms with Gasteiger partial charge in [-0.2, -0.15) is 10.4 Å². The predicted octanol–water partition coefficient (Wildman–Crippen LogP) is 2.53. The number of hydrogen-bond acceptors (Lipinski definition) is 8. The van der Waals surface area contributed by atoms with Gasteiger partial charge in [0.05, 0.1) is 37.2 Å². The number of nitrogens with zero attached hydrogens (tertiary/aromatic N) is 5. The Bertz CT molecular complexity index is 1250. The monoisotopic (exact) mass is 488 g/mol. The minimum Gasteiger partial charge on any atom is -0.495 e. The van der Waals surface area contributed by atoms with E-state index in [2.05, 4.69) is 31.9 Å². The van der Waals surface area contributed by atoms with Crippen LogP contribution in [0.1, 0.15) is 46.8 Å². The SMILES string of the molecule is COc1ccc([C@@H](NC(=O)N2CCc3cnc(NC4CCOCC4)nc3C2)c2cn[nH]c2)cc1C#N. The molecule has 1 atom stereocenters. The van der Waals surface area contributed by atoms with Gasteiger partial charge in [0.15, 0.2) is 0 Å². The number of benzene rings is 1. The van der Waals surface area contributed by atoms with Crippen molar-refractivity contribution in [2.75, 3.05) is 32.2 Å². The molecule has 0 radical (unpaired) electrons. The predicted molar refractivity (Wildman–Crippen MR) is 130 cm³/mol. The number of nitrogens with one attached hydrogen (secondary N) is 3. The highest BCUT2D eigenvalue weighted by Gasteiger charge is 2.27. The highest BCUT2D eigenvalue weighted by atomic mass is 16.5. The zero-order chi connectivity index (χ0) is 24.9. The van der Waals surface area contributed by atoms with Gasteiger partial charge in [-0.25, -0.2) is 14.8 Å². The lowest BCUT2D eigenvalue weighted by Crippen LogP contribution is -2.44. The maximum atomic E-state index is 13.4. The molecule has 0 spiro atoms. The first-order valence-corrected chi connectivity index (χ1v) is 12.0. The molecule has 0 aliphatic carbocycles. The van der Waals surface area contributed by atoms with Crippen LogP contribution in [0.5, 0.6) is 5.75 Å². The molecule has 5 rings (SSSR count). The third kappa shape index (κ3) is 5.08. The second-order valence-electron chi connectivity index (χ2n) is 8.85. The van der Waals surface area contributed by atoms with Crippen LogP contribution in [0.2, 0.25) is 0 Å². The maximum Gasteiger partial charge on any atom is 0.318 e. The van der Waals surface area contributed by atoms with Crippen molar-refractivity contribution < 1.29 is 14.3 Å². The largest absolute Gasteiger partial charge is 0.495 e. The van der Waals surface area contributed by atoms with Gasteiger partial charge >= 0.3 is 6.03 Å². The molecular weight excluding hydrogens is 460 g/mol. The molecule has 11 nitrogen and oxygen atoms in total. The van der Waals surface area contributed by atoms with Crippen molar-refractivity contribution in [1.82, 2.24) is 30.4 Å². The Hall–Kier alpha value is -4.17. The number of carbonyl (C=O) groups is 1. The number of hydrogen-bond donors (Lipinski definition) is 3. The van der Waals surface area contributed by atoms with Crippen LogP contribution in [-0.4, -0.2) is 64.0 Å². The fraction of sp³-hybridized carbons (Fsp3) is 0.400. The summed E-state index contributed by atoms with van der Waals surface area (Å²) in [5.41, 5.74) is 3.82. The van der Waals surface area contributed by atoms with Crippen LogP contribution in [0.4, 0.5) is 10.7 Å². The number of rotatable bonds is 6. The molecular formula is C25H28N8O3. The van der Waals surface area contributed by atoms with Gasteiger partial charge in [-0.3, -0.25) is 5.10 Å². The van der Waals surface area contributed by atoms with Crippen LogP contribution in [-0.2, 0) is 17.7 Å². The number of carbonyl (C=O) groups excluding carboxylic acids is 1. The quantitative estimate of drug-likeness (QED) is 0.481. The summed E-state index contributed by atoms with van der Waals surface area (Å²) in [6.45, 7) is 2.41. The maximum absolute atomic E-state index is 13.4. The van der Waals surface area contributed by atoms with E-state index in [9.17, 15) is 10.1 Å². The molecule has 2 aromatic heterocycles. The second-order valence-corrected chi connectivity index (χ2v) is 8.85. The van der Waals surface area contributed by atoms with Crippen LogP contribution in [0.3, 0.4) is 0 Å². The minimum absolute atomic E-state index is 0.223. The molecule has 1 fully saturated rings. The smallest absolute Gasteiger partial charge is 0.318 e. The van der Waals surface area contributed by atoms with Crippen LogP contribution >= 0.6 is 0 Å². The molecule has 2 aliphatic heterocycles. The summed E-state index contributed by atoms with van der Waals surface area (Å²) in [4.78, 5) is 24.3. The molecule has 11 heteroatoms. The van der Waals surface area contributed by atoms with E-state index in [0.717, 1.165) is 48.4 Å². The van der Waals surface area contributed by atoms with Crippen LogP contribution in [0.15, 0.2) is 36.8 Å². The number of aromatic nitrogens is 4. The molecule has 2 amide bonds. The molecule has 36 heavy (non-hydrogen) atoms. The van der Waals surface area contributed by atoms with Gasteiger partial charge in [0.25, 0.3) is 0 Å². The highest BCUT2D eigenvalue weighted by molar-refractivity contribution is 5.75. The first kappa shape index (κ1) is 23.6. The third-order valence-corrected chi connectivity index (χ3v) is 6.59. The molecule has 0 unspecified atom stereocenters. The van der Waals surface area contributed by atoms with Crippen molar-refractivity contribution in [1.29, 1.82) is 5.26 Å². The lowest BCUT2D eigenvalue weighted by Gasteiger charge is -2.30. The molecule has 3 aromatic rings. The fourth-order valence-electron chi connectivity index (χ4n) is 4.56. The summed E-state index contributed by atoms with van der Waals surface area (Å²) < 4.78 is 10.7. The normalized spacial score (nSPS) is 16.5. The van der Waals surface area contributed by atoms with Gasteiger partial charge in [0.1, 0.15) is 11.8 Å². The lowest BCUT2D eigenvalue weighted by molar-refractivity contribution is 0.0903. The summed E-state index contributed by atoms with van der Waals surface area (Å²) >= 11 is 0. The Morgan fingerprint density at radius 1 is 1.31 bits per heavy atom. The number of aromatic amines is 1. The van der Waals surface area contributed by atoms with Crippen molar-refractivity contribution in [2.24, 2.45) is 0 Å². The van der Waals surface area contributed by atoms with Crippen LogP contribution in [0, 0.1) is 11.3 Å². The van der Waals surface area contributed by atoms with Gasteiger partial charge in [0, 0.05) is 43.8 Å². The van der Waals surface area contributed by atoms with Crippen molar-refractivity contribution in [2.45, 2.75) is 37.9 Å².